The zero-order chi connectivity index (χ0) is 18.4. The van der Waals surface area contributed by atoms with Crippen molar-refractivity contribution in [2.75, 3.05) is 6.26 Å². The average Bonchev–Trinajstić information content (AvgIpc) is 2.32. The normalized spacial score (nSPS) is 18.0. The maximum atomic E-state index is 4.44. The average molecular weight is 445 g/mol. The maximum absolute atomic E-state index is 4.44. The van der Waals surface area contributed by atoms with E-state index in [0.717, 1.165) is 5.70 Å². The highest BCUT2D eigenvalue weighted by molar-refractivity contribution is 14.1. The minimum Gasteiger partial charge on any atom is -0.312 e. The molecule has 0 aromatic rings. The van der Waals surface area contributed by atoms with E-state index in [0.29, 0.717) is 0 Å². The number of halogens is 1. The third-order valence-electron chi connectivity index (χ3n) is 3.98. The van der Waals surface area contributed by atoms with Crippen LogP contribution in [-0.2, 0) is 0 Å². The van der Waals surface area contributed by atoms with Gasteiger partial charge in [-0.05, 0) is 47.7 Å². The topological polar surface area (TPSA) is 3.24 Å². The summed E-state index contributed by atoms with van der Waals surface area (Å²) >= 11 is 4.33. The molecule has 0 aromatic carbocycles. The molecule has 1 aliphatic rings. The number of thioether (sulfide) groups is 1. The molecular formula is C20H32INS. The van der Waals surface area contributed by atoms with Crippen molar-refractivity contribution < 1.29 is 0 Å². The molecular weight excluding hydrogens is 413 g/mol. The molecule has 0 aromatic heterocycles. The van der Waals surface area contributed by atoms with Crippen molar-refractivity contribution in [3.63, 3.8) is 0 Å². The molecule has 0 saturated heterocycles. The first-order valence-electron chi connectivity index (χ1n) is 8.02. The molecule has 1 rings (SSSR count). The molecule has 0 fully saturated rings. The predicted octanol–water partition coefficient (Wildman–Crippen LogP) is 7.14. The minimum atomic E-state index is -0.000839. The van der Waals surface area contributed by atoms with Gasteiger partial charge in [-0.2, -0.15) is 0 Å². The minimum absolute atomic E-state index is 0.000839. The van der Waals surface area contributed by atoms with Crippen molar-refractivity contribution in [1.82, 2.24) is 4.90 Å². The van der Waals surface area contributed by atoms with Gasteiger partial charge in [-0.1, -0.05) is 77.3 Å². The standard InChI is InChI=1S/C20H32INS/c1-12-22-13(2)14(20(9,10)21)15(18(3,4)5)16(17(22)23-11)19(6,7)8/h12H,1-2H2,3-11H3. The van der Waals surface area contributed by atoms with Crippen LogP contribution in [0.4, 0.5) is 0 Å². The van der Waals surface area contributed by atoms with E-state index in [1.807, 2.05) is 6.20 Å². The summed E-state index contributed by atoms with van der Waals surface area (Å²) in [6, 6.07) is 0. The molecule has 1 aliphatic heterocycles. The molecule has 0 radical (unpaired) electrons. The van der Waals surface area contributed by atoms with Crippen LogP contribution in [-0.4, -0.2) is 14.6 Å². The summed E-state index contributed by atoms with van der Waals surface area (Å²) in [6.45, 7) is 26.9. The van der Waals surface area contributed by atoms with Crippen molar-refractivity contribution >= 4 is 34.4 Å². The maximum Gasteiger partial charge on any atom is 0.0831 e. The lowest BCUT2D eigenvalue weighted by Crippen LogP contribution is -2.36. The Bertz CT molecular complexity index is 574. The molecule has 130 valence electrons. The van der Waals surface area contributed by atoms with Crippen molar-refractivity contribution in [2.45, 2.75) is 58.8 Å². The van der Waals surface area contributed by atoms with Gasteiger partial charge in [0.1, 0.15) is 0 Å². The van der Waals surface area contributed by atoms with E-state index in [2.05, 4.69) is 102 Å². The van der Waals surface area contributed by atoms with Gasteiger partial charge in [-0.15, -0.1) is 11.8 Å². The van der Waals surface area contributed by atoms with Crippen LogP contribution in [0.25, 0.3) is 0 Å². The van der Waals surface area contributed by atoms with E-state index >= 15 is 0 Å². The largest absolute Gasteiger partial charge is 0.312 e. The summed E-state index contributed by atoms with van der Waals surface area (Å²) in [6.07, 6.45) is 4.05. The Hall–Kier alpha value is -0.160. The van der Waals surface area contributed by atoms with Crippen molar-refractivity contribution in [3.05, 3.63) is 46.8 Å². The molecule has 0 saturated carbocycles. The van der Waals surface area contributed by atoms with Crippen LogP contribution in [0.15, 0.2) is 46.8 Å². The molecule has 1 nitrogen and oxygen atoms in total. The molecule has 0 unspecified atom stereocenters. The number of hydrogen-bond acceptors (Lipinski definition) is 2. The lowest BCUT2D eigenvalue weighted by atomic mass is 9.68. The third kappa shape index (κ3) is 4.09. The molecule has 0 N–H and O–H groups in total. The quantitative estimate of drug-likeness (QED) is 0.336. The van der Waals surface area contributed by atoms with Crippen molar-refractivity contribution in [2.24, 2.45) is 10.8 Å². The Morgan fingerprint density at radius 3 is 1.61 bits per heavy atom. The smallest absolute Gasteiger partial charge is 0.0831 e. The number of alkyl halides is 1. The molecule has 0 atom stereocenters. The highest BCUT2D eigenvalue weighted by Crippen LogP contribution is 2.54. The molecule has 0 spiro atoms. The van der Waals surface area contributed by atoms with Crippen LogP contribution in [0.5, 0.6) is 0 Å². The highest BCUT2D eigenvalue weighted by Gasteiger charge is 2.42. The first-order valence-corrected chi connectivity index (χ1v) is 10.3. The summed E-state index contributed by atoms with van der Waals surface area (Å²) in [5, 5.41) is 1.26. The predicted molar refractivity (Wildman–Crippen MR) is 116 cm³/mol. The second-order valence-corrected chi connectivity index (χ2v) is 12.1. The van der Waals surface area contributed by atoms with Crippen LogP contribution >= 0.6 is 34.4 Å². The summed E-state index contributed by atoms with van der Waals surface area (Å²) in [5.41, 5.74) is 5.37. The van der Waals surface area contributed by atoms with Gasteiger partial charge in [0.15, 0.2) is 0 Å². The number of nitrogens with zero attached hydrogens (tertiary/aromatic N) is 1. The van der Waals surface area contributed by atoms with Gasteiger partial charge in [-0.3, -0.25) is 0 Å². The molecule has 0 aliphatic carbocycles. The summed E-state index contributed by atoms with van der Waals surface area (Å²) in [7, 11) is 0. The fraction of sp³-hybridized carbons (Fsp3) is 0.600. The Labute approximate surface area is 161 Å². The van der Waals surface area contributed by atoms with Crippen molar-refractivity contribution in [1.29, 1.82) is 0 Å². The van der Waals surface area contributed by atoms with Crippen LogP contribution in [0.2, 0.25) is 0 Å². The molecule has 0 amide bonds. The van der Waals surface area contributed by atoms with Gasteiger partial charge in [0.2, 0.25) is 0 Å². The number of allylic oxidation sites excluding steroid dienone is 3. The molecule has 3 heteroatoms. The van der Waals surface area contributed by atoms with E-state index < -0.39 is 0 Å². The van der Waals surface area contributed by atoms with E-state index in [-0.39, 0.29) is 14.3 Å². The summed E-state index contributed by atoms with van der Waals surface area (Å²) in [5.74, 6) is 0. The number of rotatable bonds is 3. The highest BCUT2D eigenvalue weighted by atomic mass is 127. The van der Waals surface area contributed by atoms with Crippen LogP contribution in [0.1, 0.15) is 55.4 Å². The van der Waals surface area contributed by atoms with E-state index in [9.17, 15) is 0 Å². The van der Waals surface area contributed by atoms with Gasteiger partial charge >= 0.3 is 0 Å². The first-order chi connectivity index (χ1) is 10.2. The van der Waals surface area contributed by atoms with Crippen LogP contribution in [0, 0.1) is 10.8 Å². The summed E-state index contributed by atoms with van der Waals surface area (Å²) in [4.78, 5) is 2.18. The van der Waals surface area contributed by atoms with Gasteiger partial charge in [0.05, 0.1) is 5.03 Å². The van der Waals surface area contributed by atoms with Crippen molar-refractivity contribution in [3.8, 4) is 0 Å². The third-order valence-corrected chi connectivity index (χ3v) is 5.31. The Morgan fingerprint density at radius 2 is 1.35 bits per heavy atom. The lowest BCUT2D eigenvalue weighted by molar-refractivity contribution is 0.413. The second kappa shape index (κ2) is 6.62. The Kier molecular flexibility index (Phi) is 6.01. The van der Waals surface area contributed by atoms with Gasteiger partial charge < -0.3 is 4.90 Å². The first kappa shape index (κ1) is 20.9. The van der Waals surface area contributed by atoms with E-state index in [4.69, 9.17) is 0 Å². The zero-order valence-corrected chi connectivity index (χ0v) is 19.2. The molecule has 23 heavy (non-hydrogen) atoms. The Balaban J connectivity index is 4.04. The van der Waals surface area contributed by atoms with Crippen LogP contribution in [0.3, 0.4) is 0 Å². The van der Waals surface area contributed by atoms with E-state index in [1.165, 1.54) is 21.7 Å². The van der Waals surface area contributed by atoms with Gasteiger partial charge in [-0.25, -0.2) is 0 Å². The summed E-state index contributed by atoms with van der Waals surface area (Å²) < 4.78 is -0.000839. The second-order valence-electron chi connectivity index (χ2n) is 8.61. The Morgan fingerprint density at radius 1 is 0.913 bits per heavy atom. The monoisotopic (exact) mass is 445 g/mol. The number of hydrogen-bond donors (Lipinski definition) is 0. The zero-order valence-electron chi connectivity index (χ0n) is 16.2. The SMILES string of the molecule is C=CN1C(=C)C(C(C)(C)I)=C(C(C)(C)C)C(C(C)(C)C)=C1SC. The molecule has 0 bridgehead atoms. The lowest BCUT2D eigenvalue weighted by Gasteiger charge is -2.46. The fourth-order valence-corrected chi connectivity index (χ4v) is 4.79. The van der Waals surface area contributed by atoms with Gasteiger partial charge in [0.25, 0.3) is 0 Å². The fourth-order valence-electron chi connectivity index (χ4n) is 3.22. The van der Waals surface area contributed by atoms with E-state index in [1.54, 1.807) is 11.8 Å². The van der Waals surface area contributed by atoms with Crippen LogP contribution < -0.4 is 0 Å². The molecule has 1 heterocycles. The van der Waals surface area contributed by atoms with Gasteiger partial charge in [0, 0.05) is 15.3 Å².